The summed E-state index contributed by atoms with van der Waals surface area (Å²) in [6.07, 6.45) is 3.04. The highest BCUT2D eigenvalue weighted by Gasteiger charge is 2.13. The summed E-state index contributed by atoms with van der Waals surface area (Å²) in [7, 11) is 1.48. The normalized spacial score (nSPS) is 10.6. The quantitative estimate of drug-likeness (QED) is 0.764. The summed E-state index contributed by atoms with van der Waals surface area (Å²) in [5.41, 5.74) is 0.277. The third kappa shape index (κ3) is 2.93. The molecule has 0 spiro atoms. The summed E-state index contributed by atoms with van der Waals surface area (Å²) in [4.78, 5) is 14.7. The highest BCUT2D eigenvalue weighted by atomic mass is 19.3. The zero-order valence-corrected chi connectivity index (χ0v) is 10.6. The van der Waals surface area contributed by atoms with Crippen molar-refractivity contribution in [2.24, 2.45) is 0 Å². The van der Waals surface area contributed by atoms with E-state index in [-0.39, 0.29) is 23.7 Å². The molecule has 0 saturated carbocycles. The largest absolute Gasteiger partial charge is 0.497 e. The van der Waals surface area contributed by atoms with E-state index in [9.17, 15) is 13.6 Å². The summed E-state index contributed by atoms with van der Waals surface area (Å²) in [6, 6.07) is 4.65. The van der Waals surface area contributed by atoms with Gasteiger partial charge in [-0.25, -0.2) is 4.98 Å². The third-order valence-electron chi connectivity index (χ3n) is 2.66. The molecule has 5 nitrogen and oxygen atoms in total. The van der Waals surface area contributed by atoms with Crippen LogP contribution < -0.4 is 9.47 Å². The Morgan fingerprint density at radius 3 is 2.90 bits per heavy atom. The number of aldehydes is 1. The van der Waals surface area contributed by atoms with Crippen LogP contribution in [0, 0.1) is 0 Å². The third-order valence-corrected chi connectivity index (χ3v) is 2.66. The first-order valence-corrected chi connectivity index (χ1v) is 5.71. The number of alkyl halides is 2. The molecule has 0 fully saturated rings. The summed E-state index contributed by atoms with van der Waals surface area (Å²) in [5, 5.41) is 0. The maximum Gasteiger partial charge on any atom is 0.320 e. The van der Waals surface area contributed by atoms with Gasteiger partial charge in [-0.3, -0.25) is 9.36 Å². The molecule has 0 bridgehead atoms. The summed E-state index contributed by atoms with van der Waals surface area (Å²) >= 11 is 0. The van der Waals surface area contributed by atoms with Gasteiger partial charge in [0.2, 0.25) is 0 Å². The Labute approximate surface area is 113 Å². The van der Waals surface area contributed by atoms with E-state index in [2.05, 4.69) is 4.98 Å². The molecule has 0 saturated heterocycles. The van der Waals surface area contributed by atoms with E-state index in [1.165, 1.54) is 25.4 Å². The van der Waals surface area contributed by atoms with E-state index in [1.807, 2.05) is 0 Å². The molecule has 2 aromatic rings. The number of hydrogen-bond donors (Lipinski definition) is 0. The van der Waals surface area contributed by atoms with E-state index >= 15 is 0 Å². The lowest BCUT2D eigenvalue weighted by Crippen LogP contribution is -2.08. The number of nitrogens with zero attached hydrogens (tertiary/aromatic N) is 2. The monoisotopic (exact) mass is 282 g/mol. The van der Waals surface area contributed by atoms with E-state index in [0.29, 0.717) is 16.6 Å². The second-order valence-corrected chi connectivity index (χ2v) is 3.84. The number of benzene rings is 1. The van der Waals surface area contributed by atoms with Crippen LogP contribution in [-0.4, -0.2) is 22.9 Å². The molecule has 106 valence electrons. The molecule has 0 aliphatic carbocycles. The van der Waals surface area contributed by atoms with Crippen molar-refractivity contribution in [1.29, 1.82) is 0 Å². The first kappa shape index (κ1) is 14.0. The fourth-order valence-electron chi connectivity index (χ4n) is 1.65. The summed E-state index contributed by atoms with van der Waals surface area (Å²) in [5.74, 6) is 0.866. The maximum absolute atomic E-state index is 12.6. The summed E-state index contributed by atoms with van der Waals surface area (Å²) < 4.78 is 36.3. The Bertz CT molecular complexity index is 599. The molecule has 0 aliphatic heterocycles. The van der Waals surface area contributed by atoms with Gasteiger partial charge in [0, 0.05) is 12.4 Å². The van der Waals surface area contributed by atoms with Crippen LogP contribution in [0.2, 0.25) is 0 Å². The number of rotatable bonds is 6. The van der Waals surface area contributed by atoms with E-state index in [4.69, 9.17) is 9.47 Å². The molecule has 0 radical (unpaired) electrons. The molecule has 1 aromatic heterocycles. The molecule has 7 heteroatoms. The Kier molecular flexibility index (Phi) is 4.29. The lowest BCUT2D eigenvalue weighted by atomic mass is 10.2. The van der Waals surface area contributed by atoms with Crippen molar-refractivity contribution in [3.05, 3.63) is 42.0 Å². The Morgan fingerprint density at radius 1 is 1.45 bits per heavy atom. The van der Waals surface area contributed by atoms with Crippen LogP contribution in [0.4, 0.5) is 8.78 Å². The molecule has 0 N–H and O–H groups in total. The van der Waals surface area contributed by atoms with Gasteiger partial charge in [0.25, 0.3) is 0 Å². The van der Waals surface area contributed by atoms with E-state index < -0.39 is 6.55 Å². The van der Waals surface area contributed by atoms with Crippen LogP contribution in [0.15, 0.2) is 30.6 Å². The highest BCUT2D eigenvalue weighted by Crippen LogP contribution is 2.23. The van der Waals surface area contributed by atoms with Crippen molar-refractivity contribution < 1.29 is 23.0 Å². The minimum absolute atomic E-state index is 0.0765. The van der Waals surface area contributed by atoms with Gasteiger partial charge in [-0.2, -0.15) is 8.78 Å². The number of methoxy groups -OCH3 is 1. The van der Waals surface area contributed by atoms with Crippen LogP contribution in [0.5, 0.6) is 11.5 Å². The molecule has 1 aromatic carbocycles. The number of carbonyl (C=O) groups excluding carboxylic acids is 1. The first-order valence-electron chi connectivity index (χ1n) is 5.71. The smallest absolute Gasteiger partial charge is 0.320 e. The Morgan fingerprint density at radius 2 is 2.25 bits per heavy atom. The van der Waals surface area contributed by atoms with Gasteiger partial charge in [-0.15, -0.1) is 0 Å². The zero-order valence-electron chi connectivity index (χ0n) is 10.6. The van der Waals surface area contributed by atoms with E-state index in [1.54, 1.807) is 6.07 Å². The minimum Gasteiger partial charge on any atom is -0.497 e. The predicted octanol–water partition coefficient (Wildman–Crippen LogP) is 2.68. The number of aromatic nitrogens is 2. The second kappa shape index (κ2) is 6.14. The molecule has 2 rings (SSSR count). The molecular weight excluding hydrogens is 270 g/mol. The fraction of sp³-hybridized carbons (Fsp3) is 0.231. The fourth-order valence-corrected chi connectivity index (χ4v) is 1.65. The number of carbonyl (C=O) groups is 1. The summed E-state index contributed by atoms with van der Waals surface area (Å²) in [6.45, 7) is -2.85. The van der Waals surface area contributed by atoms with Crippen LogP contribution in [0.1, 0.15) is 22.7 Å². The topological polar surface area (TPSA) is 53.4 Å². The van der Waals surface area contributed by atoms with Gasteiger partial charge < -0.3 is 9.47 Å². The average molecular weight is 282 g/mol. The van der Waals surface area contributed by atoms with Gasteiger partial charge >= 0.3 is 6.55 Å². The molecular formula is C13H12F2N2O3. The minimum atomic E-state index is -2.68. The lowest BCUT2D eigenvalue weighted by molar-refractivity contribution is 0.0631. The number of halogens is 2. The van der Waals surface area contributed by atoms with Crippen molar-refractivity contribution in [2.45, 2.75) is 13.2 Å². The van der Waals surface area contributed by atoms with Crippen molar-refractivity contribution in [1.82, 2.24) is 9.55 Å². The van der Waals surface area contributed by atoms with Gasteiger partial charge in [-0.1, -0.05) is 0 Å². The van der Waals surface area contributed by atoms with Crippen molar-refractivity contribution in [3.63, 3.8) is 0 Å². The highest BCUT2D eigenvalue weighted by molar-refractivity contribution is 5.80. The number of ether oxygens (including phenoxy) is 2. The molecule has 0 atom stereocenters. The second-order valence-electron chi connectivity index (χ2n) is 3.84. The molecule has 0 unspecified atom stereocenters. The predicted molar refractivity (Wildman–Crippen MR) is 66.2 cm³/mol. The average Bonchev–Trinajstić information content (AvgIpc) is 2.93. The zero-order chi connectivity index (χ0) is 14.5. The van der Waals surface area contributed by atoms with Gasteiger partial charge in [0.05, 0.1) is 12.7 Å². The molecule has 0 amide bonds. The van der Waals surface area contributed by atoms with Crippen LogP contribution in [0.25, 0.3) is 0 Å². The Balaban J connectivity index is 2.14. The van der Waals surface area contributed by atoms with Crippen molar-refractivity contribution in [3.8, 4) is 11.5 Å². The molecule has 0 aliphatic rings. The van der Waals surface area contributed by atoms with E-state index in [0.717, 1.165) is 6.20 Å². The number of imidazole rings is 1. The molecule has 20 heavy (non-hydrogen) atoms. The maximum atomic E-state index is 12.6. The van der Waals surface area contributed by atoms with Gasteiger partial charge in [0.1, 0.15) is 18.1 Å². The van der Waals surface area contributed by atoms with Crippen LogP contribution in [-0.2, 0) is 6.61 Å². The SMILES string of the molecule is COc1ccc(OCc2nccn2C(F)F)c(C=O)c1. The first-order chi connectivity index (χ1) is 9.65. The lowest BCUT2D eigenvalue weighted by Gasteiger charge is -2.10. The Hall–Kier alpha value is -2.44. The molecule has 1 heterocycles. The van der Waals surface area contributed by atoms with Gasteiger partial charge in [0.15, 0.2) is 12.1 Å². The standard InChI is InChI=1S/C13H12F2N2O3/c1-19-10-2-3-11(9(6-10)7-18)20-8-12-16-4-5-17(12)13(14)15/h2-7,13H,8H2,1H3. The van der Waals surface area contributed by atoms with Gasteiger partial charge in [-0.05, 0) is 18.2 Å². The van der Waals surface area contributed by atoms with Crippen LogP contribution in [0.3, 0.4) is 0 Å². The van der Waals surface area contributed by atoms with Crippen molar-refractivity contribution >= 4 is 6.29 Å². The van der Waals surface area contributed by atoms with Crippen LogP contribution >= 0.6 is 0 Å². The van der Waals surface area contributed by atoms with Crippen molar-refractivity contribution in [2.75, 3.05) is 7.11 Å². The number of hydrogen-bond acceptors (Lipinski definition) is 4.